The first-order valence-electron chi connectivity index (χ1n) is 10.7. The van der Waals surface area contributed by atoms with Gasteiger partial charge in [0.2, 0.25) is 5.91 Å². The summed E-state index contributed by atoms with van der Waals surface area (Å²) >= 11 is 0. The molecule has 0 atom stereocenters. The number of nitrogens with one attached hydrogen (secondary N) is 1. The summed E-state index contributed by atoms with van der Waals surface area (Å²) in [6.07, 6.45) is 8.17. The number of aromatic nitrogens is 2. The van der Waals surface area contributed by atoms with Crippen LogP contribution in [0.2, 0.25) is 0 Å². The Labute approximate surface area is 165 Å². The van der Waals surface area contributed by atoms with Crippen LogP contribution < -0.4 is 11.0 Å². The third-order valence-corrected chi connectivity index (χ3v) is 7.31. The van der Waals surface area contributed by atoms with Gasteiger partial charge in [0.25, 0.3) is 5.56 Å². The van der Waals surface area contributed by atoms with Gasteiger partial charge in [0.15, 0.2) is 0 Å². The first kappa shape index (κ1) is 17.9. The Balaban J connectivity index is 1.42. The molecule has 1 aromatic heterocycles. The van der Waals surface area contributed by atoms with Crippen molar-refractivity contribution in [2.24, 2.45) is 23.2 Å². The van der Waals surface area contributed by atoms with Crippen LogP contribution in [0.25, 0.3) is 10.8 Å². The van der Waals surface area contributed by atoms with Crippen molar-refractivity contribution in [1.29, 1.82) is 0 Å². The van der Waals surface area contributed by atoms with Gasteiger partial charge in [-0.3, -0.25) is 9.59 Å². The number of amides is 1. The summed E-state index contributed by atoms with van der Waals surface area (Å²) in [5.74, 6) is 2.53. The highest BCUT2D eigenvalue weighted by Gasteiger charge is 2.51. The van der Waals surface area contributed by atoms with Crippen molar-refractivity contribution in [3.05, 3.63) is 40.3 Å². The van der Waals surface area contributed by atoms with E-state index in [4.69, 9.17) is 0 Å². The van der Waals surface area contributed by atoms with Crippen LogP contribution in [0.5, 0.6) is 0 Å². The zero-order valence-corrected chi connectivity index (χ0v) is 16.8. The Hall–Kier alpha value is -2.17. The van der Waals surface area contributed by atoms with Crippen LogP contribution in [-0.4, -0.2) is 15.8 Å². The van der Waals surface area contributed by atoms with E-state index in [9.17, 15) is 9.59 Å². The molecule has 4 aliphatic carbocycles. The number of fused-ring (bicyclic) bond motifs is 1. The minimum Gasteiger partial charge on any atom is -0.273 e. The zero-order chi connectivity index (χ0) is 19.5. The van der Waals surface area contributed by atoms with Crippen LogP contribution in [0.3, 0.4) is 0 Å². The van der Waals surface area contributed by atoms with Crippen molar-refractivity contribution >= 4 is 16.7 Å². The van der Waals surface area contributed by atoms with Crippen molar-refractivity contribution in [2.45, 2.75) is 64.7 Å². The van der Waals surface area contributed by atoms with Crippen LogP contribution >= 0.6 is 0 Å². The maximum atomic E-state index is 13.0. The highest BCUT2D eigenvalue weighted by molar-refractivity contribution is 5.86. The quantitative estimate of drug-likeness (QED) is 0.866. The molecule has 5 heteroatoms. The Kier molecular flexibility index (Phi) is 4.11. The molecule has 0 spiro atoms. The first-order valence-corrected chi connectivity index (χ1v) is 10.7. The minimum absolute atomic E-state index is 0.0680. The molecular formula is C23H29N3O2. The van der Waals surface area contributed by atoms with Gasteiger partial charge in [0.1, 0.15) is 0 Å². The molecule has 4 bridgehead atoms. The molecule has 1 aromatic carbocycles. The lowest BCUT2D eigenvalue weighted by molar-refractivity contribution is -0.125. The molecule has 4 saturated carbocycles. The molecule has 4 fully saturated rings. The van der Waals surface area contributed by atoms with Crippen molar-refractivity contribution in [2.75, 3.05) is 5.43 Å². The molecule has 5 nitrogen and oxygen atoms in total. The van der Waals surface area contributed by atoms with Gasteiger partial charge in [-0.2, -0.15) is 5.10 Å². The number of hydrogen-bond donors (Lipinski definition) is 1. The molecule has 6 rings (SSSR count). The van der Waals surface area contributed by atoms with Crippen LogP contribution in [0, 0.1) is 23.2 Å². The van der Waals surface area contributed by atoms with E-state index in [-0.39, 0.29) is 22.8 Å². The molecule has 0 radical (unpaired) electrons. The molecule has 148 valence electrons. The summed E-state index contributed by atoms with van der Waals surface area (Å²) in [6, 6.07) is 7.52. The number of nitrogens with zero attached hydrogens (tertiary/aromatic N) is 2. The summed E-state index contributed by atoms with van der Waals surface area (Å²) < 4.78 is 0. The fourth-order valence-electron chi connectivity index (χ4n) is 6.72. The van der Waals surface area contributed by atoms with Gasteiger partial charge in [-0.05, 0) is 73.7 Å². The average Bonchev–Trinajstić information content (AvgIpc) is 2.62. The van der Waals surface area contributed by atoms with E-state index in [1.165, 1.54) is 43.3 Å². The Morgan fingerprint density at radius 2 is 1.68 bits per heavy atom. The maximum absolute atomic E-state index is 13.0. The second kappa shape index (κ2) is 6.43. The van der Waals surface area contributed by atoms with Crippen LogP contribution in [0.15, 0.2) is 29.1 Å². The van der Waals surface area contributed by atoms with Gasteiger partial charge in [-0.15, -0.1) is 4.79 Å². The molecule has 0 saturated heterocycles. The molecule has 1 heterocycles. The van der Waals surface area contributed by atoms with E-state index in [0.29, 0.717) is 11.8 Å². The van der Waals surface area contributed by atoms with Gasteiger partial charge in [-0.1, -0.05) is 32.0 Å². The summed E-state index contributed by atoms with van der Waals surface area (Å²) in [5.41, 5.74) is 3.57. The highest BCUT2D eigenvalue weighted by atomic mass is 16.2. The average molecular weight is 380 g/mol. The van der Waals surface area contributed by atoms with Crippen molar-refractivity contribution < 1.29 is 4.79 Å². The largest absolute Gasteiger partial charge is 0.294 e. The lowest BCUT2D eigenvalue weighted by atomic mass is 9.49. The predicted molar refractivity (Wildman–Crippen MR) is 110 cm³/mol. The third kappa shape index (κ3) is 2.96. The highest BCUT2D eigenvalue weighted by Crippen LogP contribution is 2.61. The van der Waals surface area contributed by atoms with Crippen molar-refractivity contribution in [3.8, 4) is 0 Å². The van der Waals surface area contributed by atoms with E-state index >= 15 is 0 Å². The SMILES string of the molecule is CC(C)c1nn(NC(=O)CC23CC4CC(CC(C4)C2)C3)c(=O)c2ccccc12. The van der Waals surface area contributed by atoms with Gasteiger partial charge in [0, 0.05) is 11.8 Å². The molecule has 1 N–H and O–H groups in total. The Morgan fingerprint density at radius 1 is 1.11 bits per heavy atom. The molecular weight excluding hydrogens is 350 g/mol. The molecule has 28 heavy (non-hydrogen) atoms. The maximum Gasteiger partial charge on any atom is 0.294 e. The summed E-state index contributed by atoms with van der Waals surface area (Å²) in [6.45, 7) is 4.11. The Bertz CT molecular complexity index is 956. The molecule has 2 aromatic rings. The number of benzene rings is 1. The predicted octanol–water partition coefficient (Wildman–Crippen LogP) is 4.20. The number of hydrogen-bond acceptors (Lipinski definition) is 3. The number of carbonyl (C=O) groups excluding carboxylic acids is 1. The van der Waals surface area contributed by atoms with Crippen molar-refractivity contribution in [1.82, 2.24) is 9.89 Å². The monoisotopic (exact) mass is 379 g/mol. The first-order chi connectivity index (χ1) is 13.4. The van der Waals surface area contributed by atoms with E-state index in [0.717, 1.165) is 28.8 Å². The van der Waals surface area contributed by atoms with E-state index < -0.39 is 0 Å². The van der Waals surface area contributed by atoms with E-state index in [1.807, 2.05) is 24.3 Å². The fourth-order valence-corrected chi connectivity index (χ4v) is 6.72. The summed E-state index contributed by atoms with van der Waals surface area (Å²) in [5, 5.41) is 5.98. The lowest BCUT2D eigenvalue weighted by Gasteiger charge is -2.56. The number of carbonyl (C=O) groups is 1. The molecule has 4 aliphatic rings. The summed E-state index contributed by atoms with van der Waals surface area (Å²) in [7, 11) is 0. The van der Waals surface area contributed by atoms with Crippen LogP contribution in [0.4, 0.5) is 0 Å². The Morgan fingerprint density at radius 3 is 2.25 bits per heavy atom. The van der Waals surface area contributed by atoms with Gasteiger partial charge in [0.05, 0.1) is 11.1 Å². The normalized spacial score (nSPS) is 30.9. The topological polar surface area (TPSA) is 64.0 Å². The number of rotatable bonds is 4. The minimum atomic E-state index is -0.251. The van der Waals surface area contributed by atoms with E-state index in [2.05, 4.69) is 24.4 Å². The molecule has 0 unspecified atom stereocenters. The zero-order valence-electron chi connectivity index (χ0n) is 16.8. The van der Waals surface area contributed by atoms with Crippen molar-refractivity contribution in [3.63, 3.8) is 0 Å². The lowest BCUT2D eigenvalue weighted by Crippen LogP contribution is -2.48. The van der Waals surface area contributed by atoms with Crippen LogP contribution in [0.1, 0.15) is 70.4 Å². The van der Waals surface area contributed by atoms with Gasteiger partial charge >= 0.3 is 0 Å². The standard InChI is InChI=1S/C23H29N3O2/c1-14(2)21-18-5-3-4-6-19(18)22(28)26(25-21)24-20(27)13-23-10-15-7-16(11-23)9-17(8-15)12-23/h3-6,14-17H,7-13H2,1-2H3,(H,24,27). The molecule has 1 amide bonds. The molecule has 0 aliphatic heterocycles. The van der Waals surface area contributed by atoms with Gasteiger partial charge < -0.3 is 0 Å². The third-order valence-electron chi connectivity index (χ3n) is 7.31. The van der Waals surface area contributed by atoms with E-state index in [1.54, 1.807) is 0 Å². The summed E-state index contributed by atoms with van der Waals surface area (Å²) in [4.78, 5) is 27.0. The second-order valence-electron chi connectivity index (χ2n) is 9.93. The fraction of sp³-hybridized carbons (Fsp3) is 0.609. The second-order valence-corrected chi connectivity index (χ2v) is 9.93. The smallest absolute Gasteiger partial charge is 0.273 e. The van der Waals surface area contributed by atoms with Crippen LogP contribution in [-0.2, 0) is 4.79 Å². The van der Waals surface area contributed by atoms with Gasteiger partial charge in [-0.25, -0.2) is 5.43 Å².